The molecule has 152 valence electrons. The maximum atomic E-state index is 13.3. The summed E-state index contributed by atoms with van der Waals surface area (Å²) in [6, 6.07) is 6.92. The van der Waals surface area contributed by atoms with Crippen LogP contribution in [0.15, 0.2) is 24.3 Å². The standard InChI is InChI=1S/C22H31N3O3/c1-16-8-4-5-9-19(16)21(27)23-20(22(28)25-12-6-3-7-13-25)18-10-14-24(15-11-18)17(2)26/h4-5,8-9,18,20H,3,6-7,10-15H2,1-2H3,(H,23,27). The lowest BCUT2D eigenvalue weighted by Crippen LogP contribution is -2.55. The van der Waals surface area contributed by atoms with Crippen LogP contribution < -0.4 is 5.32 Å². The molecule has 0 bridgehead atoms. The molecule has 3 rings (SSSR count). The van der Waals surface area contributed by atoms with E-state index in [1.807, 2.05) is 34.9 Å². The molecule has 1 aromatic carbocycles. The van der Waals surface area contributed by atoms with Crippen LogP contribution >= 0.6 is 0 Å². The highest BCUT2D eigenvalue weighted by molar-refractivity contribution is 5.98. The molecule has 2 aliphatic rings. The largest absolute Gasteiger partial charge is 0.343 e. The number of likely N-dealkylation sites (tertiary alicyclic amines) is 2. The molecule has 6 heteroatoms. The summed E-state index contributed by atoms with van der Waals surface area (Å²) in [6.07, 6.45) is 4.66. The van der Waals surface area contributed by atoms with Crippen molar-refractivity contribution in [1.29, 1.82) is 0 Å². The lowest BCUT2D eigenvalue weighted by molar-refractivity contribution is -0.136. The summed E-state index contributed by atoms with van der Waals surface area (Å²) in [5, 5.41) is 3.05. The van der Waals surface area contributed by atoms with Gasteiger partial charge in [0, 0.05) is 38.7 Å². The number of hydrogen-bond acceptors (Lipinski definition) is 3. The van der Waals surface area contributed by atoms with Crippen LogP contribution in [0.5, 0.6) is 0 Å². The van der Waals surface area contributed by atoms with Crippen molar-refractivity contribution in [3.63, 3.8) is 0 Å². The first-order chi connectivity index (χ1) is 13.5. The second-order valence-electron chi connectivity index (χ2n) is 8.00. The van der Waals surface area contributed by atoms with Crippen molar-refractivity contribution in [2.75, 3.05) is 26.2 Å². The highest BCUT2D eigenvalue weighted by Gasteiger charge is 2.36. The average Bonchev–Trinajstić information content (AvgIpc) is 2.72. The summed E-state index contributed by atoms with van der Waals surface area (Å²) in [5.74, 6) is -0.0373. The molecule has 1 aromatic rings. The van der Waals surface area contributed by atoms with Crippen molar-refractivity contribution in [3.8, 4) is 0 Å². The quantitative estimate of drug-likeness (QED) is 0.865. The molecule has 0 spiro atoms. The van der Waals surface area contributed by atoms with Crippen LogP contribution in [0, 0.1) is 12.8 Å². The Bertz CT molecular complexity index is 719. The molecule has 1 unspecified atom stereocenters. The molecule has 3 amide bonds. The van der Waals surface area contributed by atoms with E-state index >= 15 is 0 Å². The van der Waals surface area contributed by atoms with E-state index in [0.717, 1.165) is 50.8 Å². The van der Waals surface area contributed by atoms with Gasteiger partial charge in [-0.25, -0.2) is 0 Å². The Morgan fingerprint density at radius 3 is 2.21 bits per heavy atom. The molecule has 6 nitrogen and oxygen atoms in total. The van der Waals surface area contributed by atoms with Crippen LogP contribution in [0.4, 0.5) is 0 Å². The van der Waals surface area contributed by atoms with Gasteiger partial charge in [-0.3, -0.25) is 14.4 Å². The van der Waals surface area contributed by atoms with Crippen molar-refractivity contribution in [3.05, 3.63) is 35.4 Å². The number of hydrogen-bond donors (Lipinski definition) is 1. The minimum atomic E-state index is -0.528. The molecule has 1 N–H and O–H groups in total. The van der Waals surface area contributed by atoms with Crippen molar-refractivity contribution in [2.45, 2.75) is 52.0 Å². The zero-order valence-corrected chi connectivity index (χ0v) is 16.9. The third kappa shape index (κ3) is 4.72. The number of benzene rings is 1. The highest BCUT2D eigenvalue weighted by atomic mass is 16.2. The van der Waals surface area contributed by atoms with Gasteiger partial charge in [-0.05, 0) is 56.6 Å². The zero-order chi connectivity index (χ0) is 20.1. The lowest BCUT2D eigenvalue weighted by atomic mass is 9.87. The summed E-state index contributed by atoms with van der Waals surface area (Å²) >= 11 is 0. The SMILES string of the molecule is CC(=O)N1CCC(C(NC(=O)c2ccccc2C)C(=O)N2CCCCC2)CC1. The van der Waals surface area contributed by atoms with Gasteiger partial charge in [-0.2, -0.15) is 0 Å². The number of carbonyl (C=O) groups excluding carboxylic acids is 3. The third-order valence-electron chi connectivity index (χ3n) is 6.07. The summed E-state index contributed by atoms with van der Waals surface area (Å²) in [7, 11) is 0. The van der Waals surface area contributed by atoms with E-state index in [-0.39, 0.29) is 23.6 Å². The predicted molar refractivity (Wildman–Crippen MR) is 108 cm³/mol. The van der Waals surface area contributed by atoms with Gasteiger partial charge in [-0.1, -0.05) is 18.2 Å². The number of rotatable bonds is 4. The second kappa shape index (κ2) is 9.22. The smallest absolute Gasteiger partial charge is 0.252 e. The van der Waals surface area contributed by atoms with E-state index in [1.165, 1.54) is 0 Å². The predicted octanol–water partition coefficient (Wildman–Crippen LogP) is 2.36. The molecule has 2 aliphatic heterocycles. The maximum absolute atomic E-state index is 13.3. The van der Waals surface area contributed by atoms with Crippen LogP contribution in [0.2, 0.25) is 0 Å². The molecule has 2 saturated heterocycles. The summed E-state index contributed by atoms with van der Waals surface area (Å²) in [6.45, 7) is 6.30. The third-order valence-corrected chi connectivity index (χ3v) is 6.07. The number of carbonyl (C=O) groups is 3. The van der Waals surface area contributed by atoms with E-state index < -0.39 is 6.04 Å². The Balaban J connectivity index is 1.76. The number of piperidine rings is 2. The van der Waals surface area contributed by atoms with E-state index in [4.69, 9.17) is 0 Å². The summed E-state index contributed by atoms with van der Waals surface area (Å²) in [4.78, 5) is 41.6. The fourth-order valence-electron chi connectivity index (χ4n) is 4.29. The lowest BCUT2D eigenvalue weighted by Gasteiger charge is -2.38. The van der Waals surface area contributed by atoms with E-state index in [1.54, 1.807) is 13.0 Å². The number of nitrogens with zero attached hydrogens (tertiary/aromatic N) is 2. The Hall–Kier alpha value is -2.37. The molecule has 0 saturated carbocycles. The zero-order valence-electron chi connectivity index (χ0n) is 16.9. The van der Waals surface area contributed by atoms with Gasteiger partial charge >= 0.3 is 0 Å². The van der Waals surface area contributed by atoms with Crippen LogP contribution in [-0.2, 0) is 9.59 Å². The van der Waals surface area contributed by atoms with Gasteiger partial charge in [0.1, 0.15) is 6.04 Å². The van der Waals surface area contributed by atoms with Crippen LogP contribution in [0.1, 0.15) is 54.9 Å². The fraction of sp³-hybridized carbons (Fsp3) is 0.591. The Morgan fingerprint density at radius 1 is 0.964 bits per heavy atom. The molecule has 0 aromatic heterocycles. The van der Waals surface area contributed by atoms with Crippen molar-refractivity contribution in [1.82, 2.24) is 15.1 Å². The number of nitrogens with one attached hydrogen (secondary N) is 1. The van der Waals surface area contributed by atoms with Crippen molar-refractivity contribution < 1.29 is 14.4 Å². The average molecular weight is 386 g/mol. The first kappa shape index (κ1) is 20.4. The molecule has 0 radical (unpaired) electrons. The summed E-state index contributed by atoms with van der Waals surface area (Å²) in [5.41, 5.74) is 1.51. The van der Waals surface area contributed by atoms with Crippen LogP contribution in [0.3, 0.4) is 0 Å². The van der Waals surface area contributed by atoms with E-state index in [2.05, 4.69) is 5.32 Å². The monoisotopic (exact) mass is 385 g/mol. The van der Waals surface area contributed by atoms with Crippen molar-refractivity contribution >= 4 is 17.7 Å². The molecule has 2 fully saturated rings. The highest BCUT2D eigenvalue weighted by Crippen LogP contribution is 2.24. The van der Waals surface area contributed by atoms with Gasteiger partial charge in [0.2, 0.25) is 11.8 Å². The normalized spacial score (nSPS) is 19.2. The molecule has 2 heterocycles. The number of aryl methyl sites for hydroxylation is 1. The van der Waals surface area contributed by atoms with Gasteiger partial charge in [0.25, 0.3) is 5.91 Å². The Kier molecular flexibility index (Phi) is 6.70. The van der Waals surface area contributed by atoms with Crippen LogP contribution in [-0.4, -0.2) is 59.7 Å². The minimum Gasteiger partial charge on any atom is -0.343 e. The first-order valence-electron chi connectivity index (χ1n) is 10.4. The molecule has 28 heavy (non-hydrogen) atoms. The minimum absolute atomic E-state index is 0.0305. The van der Waals surface area contributed by atoms with Crippen molar-refractivity contribution in [2.24, 2.45) is 5.92 Å². The Morgan fingerprint density at radius 2 is 1.61 bits per heavy atom. The van der Waals surface area contributed by atoms with E-state index in [9.17, 15) is 14.4 Å². The molecular formula is C22H31N3O3. The van der Waals surface area contributed by atoms with Gasteiger partial charge < -0.3 is 15.1 Å². The summed E-state index contributed by atoms with van der Waals surface area (Å²) < 4.78 is 0. The topological polar surface area (TPSA) is 69.7 Å². The van der Waals surface area contributed by atoms with E-state index in [0.29, 0.717) is 18.7 Å². The Labute approximate surface area is 167 Å². The second-order valence-corrected chi connectivity index (χ2v) is 8.00. The number of amides is 3. The maximum Gasteiger partial charge on any atom is 0.252 e. The van der Waals surface area contributed by atoms with Crippen LogP contribution in [0.25, 0.3) is 0 Å². The van der Waals surface area contributed by atoms with Gasteiger partial charge in [0.15, 0.2) is 0 Å². The first-order valence-corrected chi connectivity index (χ1v) is 10.4. The molecule has 1 atom stereocenters. The fourth-order valence-corrected chi connectivity index (χ4v) is 4.29. The van der Waals surface area contributed by atoms with Gasteiger partial charge in [-0.15, -0.1) is 0 Å². The molecule has 0 aliphatic carbocycles. The van der Waals surface area contributed by atoms with Gasteiger partial charge in [0.05, 0.1) is 0 Å². The molecular weight excluding hydrogens is 354 g/mol.